The molecule has 7 heteroatoms. The zero-order valence-electron chi connectivity index (χ0n) is 12.1. The minimum atomic E-state index is -0.0180. The molecule has 2 fully saturated rings. The highest BCUT2D eigenvalue weighted by Crippen LogP contribution is 2.16. The summed E-state index contributed by atoms with van der Waals surface area (Å²) < 4.78 is 11.2. The summed E-state index contributed by atoms with van der Waals surface area (Å²) in [6, 6.07) is 0. The van der Waals surface area contributed by atoms with E-state index in [0.29, 0.717) is 5.15 Å². The molecule has 0 N–H and O–H groups in total. The predicted octanol–water partition coefficient (Wildman–Crippen LogP) is 1.41. The van der Waals surface area contributed by atoms with Crippen molar-refractivity contribution in [3.63, 3.8) is 0 Å². The first kappa shape index (κ1) is 15.0. The van der Waals surface area contributed by atoms with Gasteiger partial charge >= 0.3 is 0 Å². The zero-order chi connectivity index (χ0) is 14.5. The number of piperazine rings is 1. The van der Waals surface area contributed by atoms with Gasteiger partial charge in [-0.2, -0.15) is 0 Å². The van der Waals surface area contributed by atoms with Crippen LogP contribution in [0.1, 0.15) is 12.8 Å². The first-order valence-corrected chi connectivity index (χ1v) is 7.87. The molecule has 6 nitrogen and oxygen atoms in total. The van der Waals surface area contributed by atoms with Gasteiger partial charge in [0.25, 0.3) is 0 Å². The van der Waals surface area contributed by atoms with Crippen LogP contribution in [0.4, 0.5) is 5.82 Å². The lowest BCUT2D eigenvalue weighted by atomic mass is 10.2. The number of halogens is 1. The van der Waals surface area contributed by atoms with E-state index in [0.717, 1.165) is 64.6 Å². The van der Waals surface area contributed by atoms with Gasteiger partial charge in [0.15, 0.2) is 6.29 Å². The van der Waals surface area contributed by atoms with Gasteiger partial charge in [-0.1, -0.05) is 11.6 Å². The second-order valence-corrected chi connectivity index (χ2v) is 5.73. The van der Waals surface area contributed by atoms with E-state index in [1.165, 1.54) is 0 Å². The van der Waals surface area contributed by atoms with E-state index in [2.05, 4.69) is 19.8 Å². The highest BCUT2D eigenvalue weighted by atomic mass is 35.5. The molecule has 2 aliphatic heterocycles. The Morgan fingerprint density at radius 1 is 1.14 bits per heavy atom. The summed E-state index contributed by atoms with van der Waals surface area (Å²) in [5.41, 5.74) is 0. The Balaban J connectivity index is 1.42. The molecule has 3 rings (SSSR count). The van der Waals surface area contributed by atoms with Crippen LogP contribution in [-0.2, 0) is 9.47 Å². The van der Waals surface area contributed by atoms with Crippen molar-refractivity contribution in [3.05, 3.63) is 17.5 Å². The van der Waals surface area contributed by atoms with E-state index >= 15 is 0 Å². The van der Waals surface area contributed by atoms with Gasteiger partial charge in [0, 0.05) is 39.1 Å². The van der Waals surface area contributed by atoms with E-state index in [1.807, 2.05) is 0 Å². The molecule has 0 bridgehead atoms. The predicted molar refractivity (Wildman–Crippen MR) is 80.6 cm³/mol. The van der Waals surface area contributed by atoms with Gasteiger partial charge in [-0.3, -0.25) is 9.88 Å². The molecule has 21 heavy (non-hydrogen) atoms. The molecule has 3 heterocycles. The molecule has 0 radical (unpaired) electrons. The number of hydrogen-bond acceptors (Lipinski definition) is 6. The molecule has 1 aromatic heterocycles. The van der Waals surface area contributed by atoms with E-state index < -0.39 is 0 Å². The van der Waals surface area contributed by atoms with Crippen LogP contribution >= 0.6 is 11.6 Å². The van der Waals surface area contributed by atoms with Crippen LogP contribution in [0.5, 0.6) is 0 Å². The monoisotopic (exact) mass is 312 g/mol. The third-order valence-electron chi connectivity index (χ3n) is 3.87. The Labute approximate surface area is 130 Å². The smallest absolute Gasteiger partial charge is 0.158 e. The van der Waals surface area contributed by atoms with E-state index in [9.17, 15) is 0 Å². The molecule has 2 saturated heterocycles. The molecule has 0 amide bonds. The first-order chi connectivity index (χ1) is 10.3. The number of ether oxygens (including phenoxy) is 2. The first-order valence-electron chi connectivity index (χ1n) is 7.49. The van der Waals surface area contributed by atoms with Gasteiger partial charge in [0.1, 0.15) is 11.0 Å². The molecule has 1 aromatic rings. The molecule has 116 valence electrons. The van der Waals surface area contributed by atoms with Gasteiger partial charge < -0.3 is 14.4 Å². The normalized spacial score (nSPS) is 21.7. The van der Waals surface area contributed by atoms with Crippen LogP contribution in [0.15, 0.2) is 12.4 Å². The van der Waals surface area contributed by atoms with Gasteiger partial charge in [0.05, 0.1) is 25.6 Å². The van der Waals surface area contributed by atoms with E-state index in [4.69, 9.17) is 21.1 Å². The fraction of sp³-hybridized carbons (Fsp3) is 0.714. The van der Waals surface area contributed by atoms with Crippen LogP contribution in [-0.4, -0.2) is 67.1 Å². The SMILES string of the molecule is Clc1cncc(N2CCN(CCC3OCCCO3)CC2)n1. The Kier molecular flexibility index (Phi) is 5.24. The van der Waals surface area contributed by atoms with Crippen LogP contribution in [0.2, 0.25) is 5.15 Å². The Bertz CT molecular complexity index is 448. The van der Waals surface area contributed by atoms with Crippen molar-refractivity contribution in [1.82, 2.24) is 14.9 Å². The van der Waals surface area contributed by atoms with Crippen LogP contribution < -0.4 is 4.90 Å². The summed E-state index contributed by atoms with van der Waals surface area (Å²) in [7, 11) is 0. The Morgan fingerprint density at radius 3 is 2.62 bits per heavy atom. The highest BCUT2D eigenvalue weighted by Gasteiger charge is 2.20. The highest BCUT2D eigenvalue weighted by molar-refractivity contribution is 6.29. The summed E-state index contributed by atoms with van der Waals surface area (Å²) in [6.45, 7) is 6.59. The molecular formula is C14H21ClN4O2. The Morgan fingerprint density at radius 2 is 1.90 bits per heavy atom. The lowest BCUT2D eigenvalue weighted by Crippen LogP contribution is -2.47. The topological polar surface area (TPSA) is 50.7 Å². The van der Waals surface area contributed by atoms with Crippen molar-refractivity contribution >= 4 is 17.4 Å². The van der Waals surface area contributed by atoms with Crippen LogP contribution in [0.25, 0.3) is 0 Å². The van der Waals surface area contributed by atoms with Crippen LogP contribution in [0.3, 0.4) is 0 Å². The maximum absolute atomic E-state index is 5.89. The van der Waals surface area contributed by atoms with Crippen LogP contribution in [0, 0.1) is 0 Å². The maximum Gasteiger partial charge on any atom is 0.158 e. The Hall–Kier alpha value is -0.950. The van der Waals surface area contributed by atoms with Crippen molar-refractivity contribution in [2.75, 3.05) is 50.8 Å². The molecular weight excluding hydrogens is 292 g/mol. The van der Waals surface area contributed by atoms with Crippen molar-refractivity contribution in [3.8, 4) is 0 Å². The second-order valence-electron chi connectivity index (χ2n) is 5.34. The molecule has 0 atom stereocenters. The van der Waals surface area contributed by atoms with E-state index in [1.54, 1.807) is 12.4 Å². The lowest BCUT2D eigenvalue weighted by Gasteiger charge is -2.36. The van der Waals surface area contributed by atoms with Gasteiger partial charge in [-0.05, 0) is 6.42 Å². The average molecular weight is 313 g/mol. The van der Waals surface area contributed by atoms with Crippen molar-refractivity contribution in [1.29, 1.82) is 0 Å². The maximum atomic E-state index is 5.89. The summed E-state index contributed by atoms with van der Waals surface area (Å²) in [5, 5.41) is 0.446. The van der Waals surface area contributed by atoms with E-state index in [-0.39, 0.29) is 6.29 Å². The second kappa shape index (κ2) is 7.35. The molecule has 0 aliphatic carbocycles. The standard InChI is InChI=1S/C14H21ClN4O2/c15-12-10-16-11-13(17-12)19-6-4-18(5-7-19)3-2-14-20-8-1-9-21-14/h10-11,14H,1-9H2. The summed E-state index contributed by atoms with van der Waals surface area (Å²) in [4.78, 5) is 13.1. The summed E-state index contributed by atoms with van der Waals surface area (Å²) >= 11 is 5.89. The average Bonchev–Trinajstić information content (AvgIpc) is 2.54. The summed E-state index contributed by atoms with van der Waals surface area (Å²) in [5.74, 6) is 0.862. The molecule has 0 saturated carbocycles. The largest absolute Gasteiger partial charge is 0.353 e. The number of rotatable bonds is 4. The molecule has 0 unspecified atom stereocenters. The van der Waals surface area contributed by atoms with Gasteiger partial charge in [-0.15, -0.1) is 0 Å². The molecule has 0 spiro atoms. The fourth-order valence-corrected chi connectivity index (χ4v) is 2.82. The quantitative estimate of drug-likeness (QED) is 0.838. The fourth-order valence-electron chi connectivity index (χ4n) is 2.68. The lowest BCUT2D eigenvalue weighted by molar-refractivity contribution is -0.182. The minimum Gasteiger partial charge on any atom is -0.353 e. The molecule has 0 aromatic carbocycles. The summed E-state index contributed by atoms with van der Waals surface area (Å²) in [6.07, 6.45) is 5.26. The number of nitrogens with zero attached hydrogens (tertiary/aromatic N) is 4. The van der Waals surface area contributed by atoms with Gasteiger partial charge in [-0.25, -0.2) is 4.98 Å². The minimum absolute atomic E-state index is 0.0180. The van der Waals surface area contributed by atoms with Crippen molar-refractivity contribution in [2.24, 2.45) is 0 Å². The zero-order valence-corrected chi connectivity index (χ0v) is 12.8. The van der Waals surface area contributed by atoms with Crippen molar-refractivity contribution < 1.29 is 9.47 Å². The third kappa shape index (κ3) is 4.26. The number of hydrogen-bond donors (Lipinski definition) is 0. The molecule has 2 aliphatic rings. The number of aromatic nitrogens is 2. The third-order valence-corrected chi connectivity index (χ3v) is 4.05. The van der Waals surface area contributed by atoms with Crippen molar-refractivity contribution in [2.45, 2.75) is 19.1 Å². The van der Waals surface area contributed by atoms with Gasteiger partial charge in [0.2, 0.25) is 0 Å². The number of anilines is 1.